The van der Waals surface area contributed by atoms with E-state index in [1.165, 1.54) is 29.9 Å². The molecular formula is C49H66N16O13. The molecule has 5 heterocycles. The van der Waals surface area contributed by atoms with Gasteiger partial charge in [-0.1, -0.05) is 32.0 Å². The van der Waals surface area contributed by atoms with E-state index < -0.39 is 134 Å². The van der Waals surface area contributed by atoms with Gasteiger partial charge in [0.2, 0.25) is 65.0 Å². The van der Waals surface area contributed by atoms with Gasteiger partial charge in [-0.3, -0.25) is 52.7 Å². The zero-order valence-corrected chi connectivity index (χ0v) is 42.9. The normalized spacial score (nSPS) is 17.3. The number of fused-ring (bicyclic) bond motifs is 1. The van der Waals surface area contributed by atoms with Crippen molar-refractivity contribution in [2.75, 3.05) is 32.8 Å². The summed E-state index contributed by atoms with van der Waals surface area (Å²) in [6.45, 7) is 0.596. The third-order valence-electron chi connectivity index (χ3n) is 12.9. The number of hydrogen-bond acceptors (Lipinski definition) is 15. The largest absolute Gasteiger partial charge is 0.394 e. The lowest BCUT2D eigenvalue weighted by Crippen LogP contribution is -2.60. The number of likely N-dealkylation sites (tertiary alicyclic amines) is 1. The smallest absolute Gasteiger partial charge is 0.248 e. The highest BCUT2D eigenvalue weighted by molar-refractivity contribution is 5.99. The van der Waals surface area contributed by atoms with Crippen LogP contribution in [0.25, 0.3) is 10.9 Å². The van der Waals surface area contributed by atoms with Gasteiger partial charge in [-0.25, -0.2) is 9.97 Å². The Morgan fingerprint density at radius 1 is 0.679 bits per heavy atom. The van der Waals surface area contributed by atoms with Crippen molar-refractivity contribution in [3.8, 4) is 0 Å². The van der Waals surface area contributed by atoms with Gasteiger partial charge < -0.3 is 83.6 Å². The minimum Gasteiger partial charge on any atom is -0.394 e. The average molecular weight is 1090 g/mol. The summed E-state index contributed by atoms with van der Waals surface area (Å²) in [5.74, 6) is -8.82. The Morgan fingerprint density at radius 2 is 1.27 bits per heavy atom. The number of nitrogens with one attached hydrogen (secondary N) is 12. The number of carbonyl (C=O) groups excluding carboxylic acids is 11. The van der Waals surface area contributed by atoms with Crippen LogP contribution in [-0.4, -0.2) is 186 Å². The number of nitrogens with zero attached hydrogens (tertiary/aromatic N) is 3. The number of nitrogens with two attached hydrogens (primary N) is 1. The van der Waals surface area contributed by atoms with Crippen LogP contribution >= 0.6 is 0 Å². The lowest BCUT2D eigenvalue weighted by atomic mass is 10.0. The molecule has 2 saturated heterocycles. The molecule has 0 saturated carbocycles. The van der Waals surface area contributed by atoms with Crippen molar-refractivity contribution in [3.63, 3.8) is 0 Å². The van der Waals surface area contributed by atoms with Gasteiger partial charge in [0, 0.05) is 73.1 Å². The Bertz CT molecular complexity index is 2780. The molecule has 2 aliphatic rings. The number of H-pyrrole nitrogens is 3. The maximum Gasteiger partial charge on any atom is 0.248 e. The molecule has 16 N–H and O–H groups in total. The summed E-state index contributed by atoms with van der Waals surface area (Å²) < 4.78 is 0. The molecule has 1 aromatic carbocycles. The summed E-state index contributed by atoms with van der Waals surface area (Å²) in [6.07, 6.45) is 7.69. The first kappa shape index (κ1) is 58.5. The van der Waals surface area contributed by atoms with E-state index in [-0.39, 0.29) is 63.3 Å². The first-order valence-electron chi connectivity index (χ1n) is 25.3. The minimum absolute atomic E-state index is 0.0441. The molecule has 0 aliphatic carbocycles. The third kappa shape index (κ3) is 16.4. The van der Waals surface area contributed by atoms with Crippen LogP contribution in [0, 0.1) is 5.92 Å². The zero-order chi connectivity index (χ0) is 56.5. The molecule has 11 amide bonds. The van der Waals surface area contributed by atoms with E-state index in [1.54, 1.807) is 44.3 Å². The maximum atomic E-state index is 14.3. The van der Waals surface area contributed by atoms with Crippen LogP contribution in [0.2, 0.25) is 0 Å². The van der Waals surface area contributed by atoms with Gasteiger partial charge >= 0.3 is 0 Å². The molecule has 8 atom stereocenters. The first-order chi connectivity index (χ1) is 37.3. The predicted octanol–water partition coefficient (Wildman–Crippen LogP) is -5.43. The fraction of sp³-hybridized carbons (Fsp3) is 0.490. The summed E-state index contributed by atoms with van der Waals surface area (Å²) in [6, 6.07) is -3.48. The van der Waals surface area contributed by atoms with E-state index in [2.05, 4.69) is 72.8 Å². The number of carbonyl (C=O) groups is 11. The highest BCUT2D eigenvalue weighted by Gasteiger charge is 2.39. The molecule has 2 fully saturated rings. The van der Waals surface area contributed by atoms with Gasteiger partial charge in [0.25, 0.3) is 0 Å². The highest BCUT2D eigenvalue weighted by Crippen LogP contribution is 2.21. The van der Waals surface area contributed by atoms with E-state index >= 15 is 0 Å². The Hall–Kier alpha value is -8.73. The Labute approximate surface area is 445 Å². The van der Waals surface area contributed by atoms with Crippen LogP contribution in [-0.2, 0) is 72.0 Å². The Balaban J connectivity index is 1.12. The molecule has 3 aromatic heterocycles. The molecule has 0 bridgehead atoms. The monoisotopic (exact) mass is 1090 g/mol. The molecule has 6 rings (SSSR count). The highest BCUT2D eigenvalue weighted by atomic mass is 16.3. The molecule has 0 unspecified atom stereocenters. The standard InChI is InChI=1S/C49H66N16O13/c1-25(2)12-32(44(73)64-37(22-67)49(78)65-11-5-8-38(65)48(77)54-19-39(50)68)59-41(70)20-55-42(71)34(14-27-17-51-23-56-27)61-47(76)36(21-66)63-45(74)33(13-26-16-53-30-7-4-3-6-29(26)30)60-46(75)35(15-28-18-52-24-57-28)62-43(72)31-9-10-40(69)58-31/h3-4,6-7,16-18,23-25,31-38,53,66-67H,5,8-15,19-22H2,1-2H3,(H2,50,68)(H,51,56)(H,52,57)(H,54,77)(H,55,71)(H,58,69)(H,59,70)(H,60,75)(H,61,76)(H,62,72)(H,63,74)(H,64,73)/t31-,32-,33-,34-,35-,36-,37-,38-/m0/s1. The predicted molar refractivity (Wildman–Crippen MR) is 273 cm³/mol. The van der Waals surface area contributed by atoms with Crippen LogP contribution in [0.3, 0.4) is 0 Å². The molecule has 2 aliphatic heterocycles. The molecule has 420 valence electrons. The SMILES string of the molecule is CC(C)C[C@H](NC(=O)CNC(=O)[C@H](Cc1cnc[nH]1)NC(=O)[C@H](CO)NC(=O)[C@H](Cc1c[nH]c2ccccc12)NC(=O)[C@H](Cc1cnc[nH]1)NC(=O)[C@@H]1CCC(=O)N1)C(=O)N[C@@H](CO)C(=O)N1CCC[C@H]1C(=O)NCC(N)=O. The van der Waals surface area contributed by atoms with E-state index in [9.17, 15) is 63.0 Å². The molecule has 0 spiro atoms. The number of aliphatic hydroxyl groups is 2. The molecular weight excluding hydrogens is 1020 g/mol. The lowest BCUT2D eigenvalue weighted by Gasteiger charge is -2.29. The second-order valence-electron chi connectivity index (χ2n) is 19.3. The maximum absolute atomic E-state index is 14.3. The number of primary amides is 1. The van der Waals surface area contributed by atoms with Crippen molar-refractivity contribution in [2.45, 2.75) is 114 Å². The lowest BCUT2D eigenvalue weighted by molar-refractivity contribution is -0.143. The minimum atomic E-state index is -1.73. The zero-order valence-electron chi connectivity index (χ0n) is 42.9. The quantitative estimate of drug-likeness (QED) is 0.0252. The van der Waals surface area contributed by atoms with Gasteiger partial charge in [0.15, 0.2) is 0 Å². The number of amides is 11. The number of aromatic nitrogens is 5. The number of hydrogen-bond donors (Lipinski definition) is 15. The molecule has 29 heteroatoms. The van der Waals surface area contributed by atoms with E-state index in [0.717, 1.165) is 5.52 Å². The van der Waals surface area contributed by atoms with E-state index in [4.69, 9.17) is 5.73 Å². The fourth-order valence-electron chi connectivity index (χ4n) is 8.97. The second kappa shape index (κ2) is 27.9. The van der Waals surface area contributed by atoms with Gasteiger partial charge in [0.05, 0.1) is 39.0 Å². The number of rotatable bonds is 28. The van der Waals surface area contributed by atoms with Crippen LogP contribution in [0.1, 0.15) is 62.9 Å². The average Bonchev–Trinajstić information content (AvgIpc) is 4.30. The van der Waals surface area contributed by atoms with Crippen LogP contribution in [0.15, 0.2) is 55.5 Å². The summed E-state index contributed by atoms with van der Waals surface area (Å²) in [5, 5.41) is 44.0. The van der Waals surface area contributed by atoms with Crippen molar-refractivity contribution in [1.82, 2.24) is 77.7 Å². The Kier molecular flexibility index (Phi) is 20.9. The van der Waals surface area contributed by atoms with Gasteiger partial charge in [-0.2, -0.15) is 0 Å². The fourth-order valence-corrected chi connectivity index (χ4v) is 8.97. The molecule has 29 nitrogen and oxygen atoms in total. The van der Waals surface area contributed by atoms with Crippen molar-refractivity contribution in [2.24, 2.45) is 11.7 Å². The van der Waals surface area contributed by atoms with E-state index in [1.807, 2.05) is 0 Å². The number of imidazole rings is 2. The summed E-state index contributed by atoms with van der Waals surface area (Å²) in [5.41, 5.74) is 7.24. The summed E-state index contributed by atoms with van der Waals surface area (Å²) in [4.78, 5) is 164. The van der Waals surface area contributed by atoms with Crippen LogP contribution < -0.4 is 53.6 Å². The van der Waals surface area contributed by atoms with Gasteiger partial charge in [-0.05, 0) is 43.2 Å². The van der Waals surface area contributed by atoms with Crippen molar-refractivity contribution in [3.05, 3.63) is 72.5 Å². The van der Waals surface area contributed by atoms with Crippen molar-refractivity contribution < 1.29 is 63.0 Å². The number of aliphatic hydroxyl groups excluding tert-OH is 2. The Morgan fingerprint density at radius 3 is 1.86 bits per heavy atom. The first-order valence-corrected chi connectivity index (χ1v) is 25.3. The van der Waals surface area contributed by atoms with E-state index in [0.29, 0.717) is 28.8 Å². The molecule has 4 aromatic rings. The van der Waals surface area contributed by atoms with Crippen molar-refractivity contribution in [1.29, 1.82) is 0 Å². The van der Waals surface area contributed by atoms with Crippen molar-refractivity contribution >= 4 is 75.9 Å². The number of aromatic amines is 3. The van der Waals surface area contributed by atoms with Crippen LogP contribution in [0.4, 0.5) is 0 Å². The number of para-hydroxylation sites is 1. The molecule has 78 heavy (non-hydrogen) atoms. The number of benzene rings is 1. The topological polar surface area (TPSA) is 439 Å². The van der Waals surface area contributed by atoms with Gasteiger partial charge in [0.1, 0.15) is 48.3 Å². The molecule has 0 radical (unpaired) electrons. The summed E-state index contributed by atoms with van der Waals surface area (Å²) >= 11 is 0. The second-order valence-corrected chi connectivity index (χ2v) is 19.3. The van der Waals surface area contributed by atoms with Gasteiger partial charge in [-0.15, -0.1) is 0 Å². The summed E-state index contributed by atoms with van der Waals surface area (Å²) in [7, 11) is 0. The third-order valence-corrected chi connectivity index (χ3v) is 12.9. The van der Waals surface area contributed by atoms with Crippen LogP contribution in [0.5, 0.6) is 0 Å².